The highest BCUT2D eigenvalue weighted by atomic mass is 32.2. The van der Waals surface area contributed by atoms with Crippen molar-refractivity contribution in [2.45, 2.75) is 31.7 Å². The Bertz CT molecular complexity index is 1040. The van der Waals surface area contributed by atoms with Crippen LogP contribution in [0.1, 0.15) is 35.3 Å². The van der Waals surface area contributed by atoms with Crippen LogP contribution in [0, 0.1) is 0 Å². The smallest absolute Gasteiger partial charge is 0.253 e. The van der Waals surface area contributed by atoms with E-state index in [1.807, 2.05) is 24.3 Å². The molecule has 1 heterocycles. The lowest BCUT2D eigenvalue weighted by Crippen LogP contribution is -2.49. The van der Waals surface area contributed by atoms with Gasteiger partial charge >= 0.3 is 0 Å². The average molecular weight is 444 g/mol. The van der Waals surface area contributed by atoms with Crippen molar-refractivity contribution >= 4 is 21.8 Å². The second-order valence-corrected chi connectivity index (χ2v) is 9.71. The molecular formula is C23H29N3O4S. The summed E-state index contributed by atoms with van der Waals surface area (Å²) in [6, 6.07) is 14.3. The minimum absolute atomic E-state index is 0.0583. The van der Waals surface area contributed by atoms with Gasteiger partial charge in [-0.15, -0.1) is 0 Å². The van der Waals surface area contributed by atoms with Gasteiger partial charge in [-0.3, -0.25) is 9.59 Å². The molecule has 0 radical (unpaired) electrons. The van der Waals surface area contributed by atoms with Crippen molar-refractivity contribution < 1.29 is 18.0 Å². The molecule has 0 bridgehead atoms. The standard InChI is InChI=1S/C23H29N3O4S/c1-4-19-8-10-20(11-9-19)17-24(3)23(28)21-6-5-7-22(16-21)31(29,30)26-14-12-25(13-15-26)18(2)27/h5-11,16H,4,12-15,17H2,1-3H3. The van der Waals surface area contributed by atoms with Crippen LogP contribution in [0.4, 0.5) is 0 Å². The number of rotatable bonds is 6. The molecule has 1 aliphatic heterocycles. The highest BCUT2D eigenvalue weighted by molar-refractivity contribution is 7.89. The van der Waals surface area contributed by atoms with Crippen LogP contribution in [0.3, 0.4) is 0 Å². The SMILES string of the molecule is CCc1ccc(CN(C)C(=O)c2cccc(S(=O)(=O)N3CCN(C(C)=O)CC3)c2)cc1. The molecule has 31 heavy (non-hydrogen) atoms. The minimum Gasteiger partial charge on any atom is -0.340 e. The van der Waals surface area contributed by atoms with Crippen molar-refractivity contribution in [1.29, 1.82) is 0 Å². The predicted octanol–water partition coefficient (Wildman–Crippen LogP) is 2.37. The van der Waals surface area contributed by atoms with E-state index in [2.05, 4.69) is 6.92 Å². The van der Waals surface area contributed by atoms with Gasteiger partial charge < -0.3 is 9.80 Å². The summed E-state index contributed by atoms with van der Waals surface area (Å²) in [6.45, 7) is 5.23. The van der Waals surface area contributed by atoms with Gasteiger partial charge in [-0.25, -0.2) is 8.42 Å². The zero-order valence-electron chi connectivity index (χ0n) is 18.2. The summed E-state index contributed by atoms with van der Waals surface area (Å²) in [5.74, 6) is -0.296. The van der Waals surface area contributed by atoms with Crippen molar-refractivity contribution in [2.75, 3.05) is 33.2 Å². The van der Waals surface area contributed by atoms with E-state index in [0.29, 0.717) is 25.2 Å². The van der Waals surface area contributed by atoms with E-state index in [1.165, 1.54) is 28.9 Å². The monoisotopic (exact) mass is 443 g/mol. The van der Waals surface area contributed by atoms with Crippen molar-refractivity contribution in [2.24, 2.45) is 0 Å². The highest BCUT2D eigenvalue weighted by Gasteiger charge is 2.29. The largest absolute Gasteiger partial charge is 0.340 e. The summed E-state index contributed by atoms with van der Waals surface area (Å²) in [5.41, 5.74) is 2.58. The van der Waals surface area contributed by atoms with E-state index >= 15 is 0 Å². The molecule has 3 rings (SSSR count). The maximum Gasteiger partial charge on any atom is 0.253 e. The molecule has 0 unspecified atom stereocenters. The lowest BCUT2D eigenvalue weighted by Gasteiger charge is -2.33. The fraction of sp³-hybridized carbons (Fsp3) is 0.391. The number of sulfonamides is 1. The molecule has 0 aromatic heterocycles. The first-order chi connectivity index (χ1) is 14.7. The van der Waals surface area contributed by atoms with Gasteiger partial charge in [0.15, 0.2) is 0 Å². The summed E-state index contributed by atoms with van der Waals surface area (Å²) in [4.78, 5) is 27.7. The normalized spacial score (nSPS) is 15.0. The van der Waals surface area contributed by atoms with Crippen molar-refractivity contribution in [3.63, 3.8) is 0 Å². The first-order valence-electron chi connectivity index (χ1n) is 10.4. The van der Waals surface area contributed by atoms with Gasteiger partial charge in [0.2, 0.25) is 15.9 Å². The lowest BCUT2D eigenvalue weighted by molar-refractivity contribution is -0.129. The summed E-state index contributed by atoms with van der Waals surface area (Å²) in [5, 5.41) is 0. The molecule has 1 fully saturated rings. The second-order valence-electron chi connectivity index (χ2n) is 7.77. The number of nitrogens with zero attached hydrogens (tertiary/aromatic N) is 3. The van der Waals surface area contributed by atoms with Crippen LogP contribution < -0.4 is 0 Å². The first kappa shape index (κ1) is 23.0. The Labute approximate surface area is 184 Å². The molecule has 0 saturated carbocycles. The number of aryl methyl sites for hydroxylation is 1. The Hall–Kier alpha value is -2.71. The third-order valence-corrected chi connectivity index (χ3v) is 7.50. The van der Waals surface area contributed by atoms with Crippen LogP contribution >= 0.6 is 0 Å². The predicted molar refractivity (Wildman–Crippen MR) is 119 cm³/mol. The molecule has 2 amide bonds. The van der Waals surface area contributed by atoms with Gasteiger partial charge in [0, 0.05) is 52.3 Å². The van der Waals surface area contributed by atoms with Gasteiger partial charge in [-0.2, -0.15) is 4.31 Å². The summed E-state index contributed by atoms with van der Waals surface area (Å²) in [6.07, 6.45) is 0.958. The Morgan fingerprint density at radius 3 is 2.16 bits per heavy atom. The molecule has 1 saturated heterocycles. The molecule has 2 aromatic rings. The number of amides is 2. The number of hydrogen-bond donors (Lipinski definition) is 0. The first-order valence-corrected chi connectivity index (χ1v) is 11.9. The van der Waals surface area contributed by atoms with Crippen LogP contribution in [-0.2, 0) is 27.8 Å². The Morgan fingerprint density at radius 1 is 0.968 bits per heavy atom. The van der Waals surface area contributed by atoms with Crippen molar-refractivity contribution in [3.8, 4) is 0 Å². The third kappa shape index (κ3) is 5.32. The molecule has 0 aliphatic carbocycles. The number of carbonyl (C=O) groups excluding carboxylic acids is 2. The van der Waals surface area contributed by atoms with Gasteiger partial charge in [0.1, 0.15) is 0 Å². The van der Waals surface area contributed by atoms with Gasteiger partial charge in [-0.05, 0) is 35.7 Å². The third-order valence-electron chi connectivity index (χ3n) is 5.60. The van der Waals surface area contributed by atoms with E-state index in [0.717, 1.165) is 12.0 Å². The number of benzene rings is 2. The van der Waals surface area contributed by atoms with Crippen molar-refractivity contribution in [3.05, 3.63) is 65.2 Å². The van der Waals surface area contributed by atoms with E-state index < -0.39 is 10.0 Å². The quantitative estimate of drug-likeness (QED) is 0.687. The molecule has 0 N–H and O–H groups in total. The summed E-state index contributed by atoms with van der Waals surface area (Å²) < 4.78 is 27.5. The molecule has 166 valence electrons. The molecule has 2 aromatic carbocycles. The molecule has 8 heteroatoms. The molecule has 1 aliphatic rings. The van der Waals surface area contributed by atoms with Crippen LogP contribution in [0.2, 0.25) is 0 Å². The van der Waals surface area contributed by atoms with E-state index in [9.17, 15) is 18.0 Å². The fourth-order valence-corrected chi connectivity index (χ4v) is 5.10. The molecule has 0 spiro atoms. The van der Waals surface area contributed by atoms with Gasteiger partial charge in [-0.1, -0.05) is 37.3 Å². The van der Waals surface area contributed by atoms with E-state index in [4.69, 9.17) is 0 Å². The zero-order valence-corrected chi connectivity index (χ0v) is 19.1. The van der Waals surface area contributed by atoms with E-state index in [1.54, 1.807) is 29.0 Å². The minimum atomic E-state index is -3.73. The lowest BCUT2D eigenvalue weighted by atomic mass is 10.1. The Kier molecular flexibility index (Phi) is 7.12. The van der Waals surface area contributed by atoms with Crippen molar-refractivity contribution in [1.82, 2.24) is 14.1 Å². The number of piperazine rings is 1. The molecular weight excluding hydrogens is 414 g/mol. The van der Waals surface area contributed by atoms with Gasteiger partial charge in [0.25, 0.3) is 5.91 Å². The number of hydrogen-bond acceptors (Lipinski definition) is 4. The van der Waals surface area contributed by atoms with Crippen LogP contribution in [0.5, 0.6) is 0 Å². The molecule has 0 atom stereocenters. The van der Waals surface area contributed by atoms with E-state index in [-0.39, 0.29) is 29.8 Å². The highest BCUT2D eigenvalue weighted by Crippen LogP contribution is 2.20. The van der Waals surface area contributed by atoms with Crippen LogP contribution in [0.15, 0.2) is 53.4 Å². The summed E-state index contributed by atoms with van der Waals surface area (Å²) >= 11 is 0. The van der Waals surface area contributed by atoms with Crippen LogP contribution in [0.25, 0.3) is 0 Å². The maximum atomic E-state index is 13.1. The molecule has 7 nitrogen and oxygen atoms in total. The van der Waals surface area contributed by atoms with Gasteiger partial charge in [0.05, 0.1) is 4.90 Å². The number of carbonyl (C=O) groups is 2. The Morgan fingerprint density at radius 2 is 1.58 bits per heavy atom. The van der Waals surface area contributed by atoms with Crippen LogP contribution in [-0.4, -0.2) is 67.6 Å². The zero-order chi connectivity index (χ0) is 22.6. The topological polar surface area (TPSA) is 78.0 Å². The average Bonchev–Trinajstić information content (AvgIpc) is 2.79. The summed E-state index contributed by atoms with van der Waals surface area (Å²) in [7, 11) is -2.03. The Balaban J connectivity index is 1.72. The fourth-order valence-electron chi connectivity index (χ4n) is 3.63. The second kappa shape index (κ2) is 9.62. The maximum absolute atomic E-state index is 13.1.